The summed E-state index contributed by atoms with van der Waals surface area (Å²) in [5, 5.41) is 4.36. The molecular formula is C17H19FN2O4S2. The number of hydrogen-bond donors (Lipinski definition) is 1. The van der Waals surface area contributed by atoms with E-state index in [-0.39, 0.29) is 34.7 Å². The molecule has 3 rings (SSSR count). The van der Waals surface area contributed by atoms with Gasteiger partial charge in [-0.3, -0.25) is 4.79 Å². The molecule has 1 aromatic carbocycles. The van der Waals surface area contributed by atoms with Gasteiger partial charge in [0.25, 0.3) is 5.91 Å². The number of rotatable bonds is 5. The average molecular weight is 398 g/mol. The first-order valence-electron chi connectivity index (χ1n) is 8.11. The summed E-state index contributed by atoms with van der Waals surface area (Å²) in [6.45, 7) is 2.98. The minimum Gasteiger partial charge on any atom is -0.379 e. The topological polar surface area (TPSA) is 75.7 Å². The third kappa shape index (κ3) is 3.96. The summed E-state index contributed by atoms with van der Waals surface area (Å²) in [5.41, 5.74) is 0.730. The van der Waals surface area contributed by atoms with E-state index in [0.717, 1.165) is 16.9 Å². The zero-order chi connectivity index (χ0) is 18.7. The molecule has 1 aliphatic heterocycles. The van der Waals surface area contributed by atoms with E-state index in [1.165, 1.54) is 22.5 Å². The number of morpholine rings is 1. The van der Waals surface area contributed by atoms with Crippen LogP contribution in [0.4, 0.5) is 4.39 Å². The zero-order valence-corrected chi connectivity index (χ0v) is 15.8. The fourth-order valence-electron chi connectivity index (χ4n) is 2.69. The molecule has 6 nitrogen and oxygen atoms in total. The fraction of sp³-hybridized carbons (Fsp3) is 0.353. The maximum Gasteiger partial charge on any atom is 0.263 e. The predicted molar refractivity (Wildman–Crippen MR) is 96.2 cm³/mol. The Morgan fingerprint density at radius 2 is 1.88 bits per heavy atom. The molecule has 0 aliphatic carbocycles. The van der Waals surface area contributed by atoms with Gasteiger partial charge in [-0.05, 0) is 36.1 Å². The van der Waals surface area contributed by atoms with Crippen molar-refractivity contribution in [3.63, 3.8) is 0 Å². The van der Waals surface area contributed by atoms with E-state index >= 15 is 0 Å². The van der Waals surface area contributed by atoms with Crippen molar-refractivity contribution in [2.45, 2.75) is 17.9 Å². The number of thiophene rings is 1. The molecule has 1 N–H and O–H groups in total. The second kappa shape index (κ2) is 7.83. The van der Waals surface area contributed by atoms with Crippen LogP contribution >= 0.6 is 11.3 Å². The number of carbonyl (C=O) groups excluding carboxylic acids is 1. The van der Waals surface area contributed by atoms with E-state index in [1.54, 1.807) is 24.4 Å². The Hall–Kier alpha value is -1.81. The van der Waals surface area contributed by atoms with Crippen molar-refractivity contribution < 1.29 is 22.3 Å². The molecule has 1 aromatic heterocycles. The average Bonchev–Trinajstić information content (AvgIpc) is 3.14. The fourth-order valence-corrected chi connectivity index (χ4v) is 5.40. The van der Waals surface area contributed by atoms with Gasteiger partial charge in [0.15, 0.2) is 0 Å². The SMILES string of the molecule is CC(NC(=O)c1sccc1S(=O)(=O)N1CCOCC1)c1ccc(F)cc1. The molecular weight excluding hydrogens is 379 g/mol. The zero-order valence-electron chi connectivity index (χ0n) is 14.1. The van der Waals surface area contributed by atoms with Gasteiger partial charge in [0.1, 0.15) is 15.6 Å². The lowest BCUT2D eigenvalue weighted by molar-refractivity contribution is 0.0730. The van der Waals surface area contributed by atoms with Gasteiger partial charge in [-0.1, -0.05) is 12.1 Å². The Kier molecular flexibility index (Phi) is 5.71. The highest BCUT2D eigenvalue weighted by Gasteiger charge is 2.31. The lowest BCUT2D eigenvalue weighted by Gasteiger charge is -2.26. The molecule has 0 spiro atoms. The van der Waals surface area contributed by atoms with Crippen molar-refractivity contribution in [1.82, 2.24) is 9.62 Å². The van der Waals surface area contributed by atoms with Crippen LogP contribution in [0.3, 0.4) is 0 Å². The molecule has 140 valence electrons. The highest BCUT2D eigenvalue weighted by Crippen LogP contribution is 2.26. The van der Waals surface area contributed by atoms with Crippen molar-refractivity contribution >= 4 is 27.3 Å². The minimum atomic E-state index is -3.75. The standard InChI is InChI=1S/C17H19FN2O4S2/c1-12(13-2-4-14(18)5-3-13)19-17(21)16-15(6-11-25-16)26(22,23)20-7-9-24-10-8-20/h2-6,11-12H,7-10H2,1H3,(H,19,21). The summed E-state index contributed by atoms with van der Waals surface area (Å²) in [6.07, 6.45) is 0. The van der Waals surface area contributed by atoms with Crippen molar-refractivity contribution in [2.24, 2.45) is 0 Å². The summed E-state index contributed by atoms with van der Waals surface area (Å²) in [6, 6.07) is 6.87. The van der Waals surface area contributed by atoms with Crippen molar-refractivity contribution in [1.29, 1.82) is 0 Å². The molecule has 26 heavy (non-hydrogen) atoms. The van der Waals surface area contributed by atoms with E-state index in [4.69, 9.17) is 4.74 Å². The number of ether oxygens (including phenoxy) is 1. The molecule has 0 radical (unpaired) electrons. The first-order chi connectivity index (χ1) is 12.4. The maximum atomic E-state index is 13.0. The Bertz CT molecular complexity index is 874. The molecule has 1 saturated heterocycles. The Labute approximate surface area is 155 Å². The minimum absolute atomic E-state index is 0.00760. The number of benzene rings is 1. The van der Waals surface area contributed by atoms with Gasteiger partial charge in [0, 0.05) is 13.1 Å². The van der Waals surface area contributed by atoms with Crippen LogP contribution in [-0.4, -0.2) is 44.9 Å². The van der Waals surface area contributed by atoms with E-state index in [9.17, 15) is 17.6 Å². The Morgan fingerprint density at radius 3 is 2.54 bits per heavy atom. The van der Waals surface area contributed by atoms with Gasteiger partial charge in [-0.2, -0.15) is 4.31 Å². The number of nitrogens with one attached hydrogen (secondary N) is 1. The molecule has 9 heteroatoms. The smallest absolute Gasteiger partial charge is 0.263 e. The third-order valence-electron chi connectivity index (χ3n) is 4.14. The summed E-state index contributed by atoms with van der Waals surface area (Å²) >= 11 is 1.08. The second-order valence-corrected chi connectivity index (χ2v) is 8.70. The Morgan fingerprint density at radius 1 is 1.23 bits per heavy atom. The van der Waals surface area contributed by atoms with Crippen LogP contribution in [0, 0.1) is 5.82 Å². The monoisotopic (exact) mass is 398 g/mol. The van der Waals surface area contributed by atoms with Crippen LogP contribution < -0.4 is 5.32 Å². The number of amides is 1. The first kappa shape index (κ1) is 19.0. The highest BCUT2D eigenvalue weighted by atomic mass is 32.2. The van der Waals surface area contributed by atoms with E-state index in [2.05, 4.69) is 5.32 Å². The molecule has 1 atom stereocenters. The first-order valence-corrected chi connectivity index (χ1v) is 10.4. The van der Waals surface area contributed by atoms with Crippen molar-refractivity contribution in [2.75, 3.05) is 26.3 Å². The summed E-state index contributed by atoms with van der Waals surface area (Å²) in [4.78, 5) is 12.8. The van der Waals surface area contributed by atoms with Crippen LogP contribution in [0.15, 0.2) is 40.6 Å². The summed E-state index contributed by atoms with van der Waals surface area (Å²) < 4.78 is 45.2. The van der Waals surface area contributed by atoms with Crippen molar-refractivity contribution in [3.8, 4) is 0 Å². The van der Waals surface area contributed by atoms with Crippen LogP contribution in [0.25, 0.3) is 0 Å². The molecule has 2 aromatic rings. The highest BCUT2D eigenvalue weighted by molar-refractivity contribution is 7.89. The molecule has 1 unspecified atom stereocenters. The lowest BCUT2D eigenvalue weighted by Crippen LogP contribution is -2.41. The number of halogens is 1. The molecule has 0 bridgehead atoms. The van der Waals surface area contributed by atoms with Crippen LogP contribution in [0.2, 0.25) is 0 Å². The largest absolute Gasteiger partial charge is 0.379 e. The number of hydrogen-bond acceptors (Lipinski definition) is 5. The van der Waals surface area contributed by atoms with E-state index < -0.39 is 15.9 Å². The predicted octanol–water partition coefficient (Wildman–Crippen LogP) is 2.40. The molecule has 1 amide bonds. The van der Waals surface area contributed by atoms with Crippen LogP contribution in [0.5, 0.6) is 0 Å². The number of carbonyl (C=O) groups is 1. The maximum absolute atomic E-state index is 13.0. The van der Waals surface area contributed by atoms with Gasteiger partial charge in [-0.25, -0.2) is 12.8 Å². The van der Waals surface area contributed by atoms with Gasteiger partial charge in [0.2, 0.25) is 10.0 Å². The van der Waals surface area contributed by atoms with Gasteiger partial charge in [-0.15, -0.1) is 11.3 Å². The van der Waals surface area contributed by atoms with Gasteiger partial charge in [0.05, 0.1) is 19.3 Å². The number of nitrogens with zero attached hydrogens (tertiary/aromatic N) is 1. The Balaban J connectivity index is 1.79. The summed E-state index contributed by atoms with van der Waals surface area (Å²) in [5.74, 6) is -0.826. The molecule has 0 saturated carbocycles. The van der Waals surface area contributed by atoms with E-state index in [1.807, 2.05) is 0 Å². The quantitative estimate of drug-likeness (QED) is 0.839. The van der Waals surface area contributed by atoms with Crippen molar-refractivity contribution in [3.05, 3.63) is 52.0 Å². The second-order valence-electron chi connectivity index (χ2n) is 5.88. The third-order valence-corrected chi connectivity index (χ3v) is 7.12. The van der Waals surface area contributed by atoms with Crippen LogP contribution in [-0.2, 0) is 14.8 Å². The van der Waals surface area contributed by atoms with Crippen LogP contribution in [0.1, 0.15) is 28.2 Å². The van der Waals surface area contributed by atoms with Gasteiger partial charge >= 0.3 is 0 Å². The number of sulfonamides is 1. The molecule has 1 aliphatic rings. The van der Waals surface area contributed by atoms with Gasteiger partial charge < -0.3 is 10.1 Å². The lowest BCUT2D eigenvalue weighted by atomic mass is 10.1. The molecule has 2 heterocycles. The van der Waals surface area contributed by atoms with E-state index in [0.29, 0.717) is 13.2 Å². The summed E-state index contributed by atoms with van der Waals surface area (Å²) in [7, 11) is -3.75. The molecule has 1 fully saturated rings. The normalized spacial score (nSPS) is 17.0.